The zero-order valence-electron chi connectivity index (χ0n) is 12.5. The Bertz CT molecular complexity index is 489. The maximum atomic E-state index is 6.52. The van der Waals surface area contributed by atoms with Crippen LogP contribution in [0, 0.1) is 0 Å². The molecule has 0 amide bonds. The van der Waals surface area contributed by atoms with Crippen molar-refractivity contribution in [1.82, 2.24) is 10.2 Å². The summed E-state index contributed by atoms with van der Waals surface area (Å²) in [6, 6.07) is 4.35. The third kappa shape index (κ3) is 3.28. The minimum absolute atomic E-state index is 0.294. The predicted molar refractivity (Wildman–Crippen MR) is 84.3 cm³/mol. The Labute approximate surface area is 131 Å². The van der Waals surface area contributed by atoms with Gasteiger partial charge in [-0.2, -0.15) is 0 Å². The van der Waals surface area contributed by atoms with Crippen molar-refractivity contribution in [2.75, 3.05) is 33.0 Å². The number of ether oxygens (including phenoxy) is 2. The van der Waals surface area contributed by atoms with E-state index in [1.54, 1.807) is 0 Å². The fourth-order valence-electron chi connectivity index (χ4n) is 3.11. The Morgan fingerprint density at radius 3 is 2.67 bits per heavy atom. The molecule has 3 rings (SSSR count). The molecule has 2 aliphatic rings. The molecule has 1 atom stereocenters. The molecule has 2 aliphatic heterocycles. The number of nitrogens with zero attached hydrogens (tertiary/aromatic N) is 1. The molecule has 1 aromatic carbocycles. The third-order valence-electron chi connectivity index (χ3n) is 4.27. The SMILES string of the molecule is CCCC[C@@H](c1cc2c(cc1Cl)OCO2)N1CCNCC1. The van der Waals surface area contributed by atoms with Gasteiger partial charge in [-0.25, -0.2) is 0 Å². The van der Waals surface area contributed by atoms with Crippen LogP contribution < -0.4 is 14.8 Å². The molecule has 0 spiro atoms. The number of fused-ring (bicyclic) bond motifs is 1. The lowest BCUT2D eigenvalue weighted by atomic mass is 9.98. The van der Waals surface area contributed by atoms with Crippen LogP contribution in [0.5, 0.6) is 11.5 Å². The summed E-state index contributed by atoms with van der Waals surface area (Å²) in [6.07, 6.45) is 3.54. The van der Waals surface area contributed by atoms with Gasteiger partial charge in [-0.05, 0) is 18.1 Å². The maximum Gasteiger partial charge on any atom is 0.231 e. The van der Waals surface area contributed by atoms with E-state index in [2.05, 4.69) is 23.2 Å². The highest BCUT2D eigenvalue weighted by Gasteiger charge is 2.26. The lowest BCUT2D eigenvalue weighted by molar-refractivity contribution is 0.162. The molecule has 0 bridgehead atoms. The Kier molecular flexibility index (Phi) is 4.88. The number of hydrogen-bond acceptors (Lipinski definition) is 4. The Balaban J connectivity index is 1.87. The highest BCUT2D eigenvalue weighted by atomic mass is 35.5. The smallest absolute Gasteiger partial charge is 0.231 e. The number of piperazine rings is 1. The molecule has 0 aromatic heterocycles. The van der Waals surface area contributed by atoms with Crippen molar-refractivity contribution < 1.29 is 9.47 Å². The number of hydrogen-bond donors (Lipinski definition) is 1. The van der Waals surface area contributed by atoms with E-state index in [1.165, 1.54) is 18.4 Å². The molecule has 1 N–H and O–H groups in total. The van der Waals surface area contributed by atoms with Crippen LogP contribution in [0.4, 0.5) is 0 Å². The van der Waals surface area contributed by atoms with E-state index < -0.39 is 0 Å². The van der Waals surface area contributed by atoms with Gasteiger partial charge in [0.05, 0.1) is 0 Å². The minimum atomic E-state index is 0.294. The first-order valence-electron chi connectivity index (χ1n) is 7.83. The van der Waals surface area contributed by atoms with Gasteiger partial charge >= 0.3 is 0 Å². The first kappa shape index (κ1) is 14.9. The summed E-state index contributed by atoms with van der Waals surface area (Å²) < 4.78 is 10.9. The Hall–Kier alpha value is -0.970. The summed E-state index contributed by atoms with van der Waals surface area (Å²) in [6.45, 7) is 6.76. The normalized spacial score (nSPS) is 19.7. The molecule has 4 nitrogen and oxygen atoms in total. The molecule has 1 fully saturated rings. The van der Waals surface area contributed by atoms with Crippen molar-refractivity contribution in [3.63, 3.8) is 0 Å². The largest absolute Gasteiger partial charge is 0.454 e. The van der Waals surface area contributed by atoms with E-state index in [0.29, 0.717) is 12.8 Å². The fraction of sp³-hybridized carbons (Fsp3) is 0.625. The summed E-state index contributed by atoms with van der Waals surface area (Å²) in [4.78, 5) is 2.54. The van der Waals surface area contributed by atoms with Crippen LogP contribution in [0.15, 0.2) is 12.1 Å². The summed E-state index contributed by atoms with van der Waals surface area (Å²) in [5, 5.41) is 4.20. The Morgan fingerprint density at radius 1 is 1.24 bits per heavy atom. The van der Waals surface area contributed by atoms with E-state index in [9.17, 15) is 0 Å². The zero-order chi connectivity index (χ0) is 14.7. The third-order valence-corrected chi connectivity index (χ3v) is 4.60. The molecular formula is C16H23ClN2O2. The molecule has 0 aliphatic carbocycles. The molecule has 0 unspecified atom stereocenters. The van der Waals surface area contributed by atoms with Crippen molar-refractivity contribution >= 4 is 11.6 Å². The lowest BCUT2D eigenvalue weighted by Crippen LogP contribution is -2.45. The van der Waals surface area contributed by atoms with Crippen LogP contribution in [0.25, 0.3) is 0 Å². The highest BCUT2D eigenvalue weighted by Crippen LogP contribution is 2.41. The minimum Gasteiger partial charge on any atom is -0.454 e. The van der Waals surface area contributed by atoms with E-state index in [0.717, 1.165) is 49.1 Å². The number of benzene rings is 1. The number of unbranched alkanes of at least 4 members (excludes halogenated alkanes) is 1. The standard InChI is InChI=1S/C16H23ClN2O2/c1-2-3-4-14(19-7-5-18-6-8-19)12-9-15-16(10-13(12)17)21-11-20-15/h9-10,14,18H,2-8,11H2,1H3/t14-/m0/s1. The van der Waals surface area contributed by atoms with Crippen LogP contribution in [0.2, 0.25) is 5.02 Å². The number of rotatable bonds is 5. The molecule has 116 valence electrons. The second-order valence-electron chi connectivity index (χ2n) is 5.67. The maximum absolute atomic E-state index is 6.52. The van der Waals surface area contributed by atoms with Crippen LogP contribution in [0.1, 0.15) is 37.8 Å². The van der Waals surface area contributed by atoms with Crippen molar-refractivity contribution in [3.05, 3.63) is 22.7 Å². The van der Waals surface area contributed by atoms with Gasteiger partial charge in [-0.15, -0.1) is 0 Å². The van der Waals surface area contributed by atoms with Gasteiger partial charge in [0.15, 0.2) is 11.5 Å². The quantitative estimate of drug-likeness (QED) is 0.905. The highest BCUT2D eigenvalue weighted by molar-refractivity contribution is 6.31. The van der Waals surface area contributed by atoms with Gasteiger partial charge in [-0.1, -0.05) is 31.4 Å². The van der Waals surface area contributed by atoms with Crippen LogP contribution in [-0.4, -0.2) is 37.9 Å². The summed E-state index contributed by atoms with van der Waals surface area (Å²) in [5.74, 6) is 1.59. The molecule has 0 radical (unpaired) electrons. The molecule has 1 aromatic rings. The van der Waals surface area contributed by atoms with Crippen LogP contribution in [0.3, 0.4) is 0 Å². The predicted octanol–water partition coefficient (Wildman–Crippen LogP) is 3.21. The Morgan fingerprint density at radius 2 is 1.95 bits per heavy atom. The average Bonchev–Trinajstić information content (AvgIpc) is 2.96. The topological polar surface area (TPSA) is 33.7 Å². The number of nitrogens with one attached hydrogen (secondary N) is 1. The van der Waals surface area contributed by atoms with E-state index in [1.807, 2.05) is 6.07 Å². The molecule has 5 heteroatoms. The second kappa shape index (κ2) is 6.86. The van der Waals surface area contributed by atoms with Crippen LogP contribution >= 0.6 is 11.6 Å². The van der Waals surface area contributed by atoms with Crippen molar-refractivity contribution in [2.45, 2.75) is 32.2 Å². The fourth-order valence-corrected chi connectivity index (χ4v) is 3.39. The first-order valence-corrected chi connectivity index (χ1v) is 8.21. The monoisotopic (exact) mass is 310 g/mol. The van der Waals surface area contributed by atoms with Crippen LogP contribution in [-0.2, 0) is 0 Å². The van der Waals surface area contributed by atoms with Gasteiger partial charge < -0.3 is 14.8 Å². The van der Waals surface area contributed by atoms with Gasteiger partial charge in [0.1, 0.15) is 0 Å². The van der Waals surface area contributed by atoms with E-state index in [-0.39, 0.29) is 0 Å². The summed E-state index contributed by atoms with van der Waals surface area (Å²) >= 11 is 6.52. The molecule has 1 saturated heterocycles. The van der Waals surface area contributed by atoms with E-state index >= 15 is 0 Å². The van der Waals surface area contributed by atoms with Gasteiger partial charge in [0.25, 0.3) is 0 Å². The second-order valence-corrected chi connectivity index (χ2v) is 6.08. The van der Waals surface area contributed by atoms with Crippen molar-refractivity contribution in [1.29, 1.82) is 0 Å². The van der Waals surface area contributed by atoms with Crippen molar-refractivity contribution in [3.8, 4) is 11.5 Å². The molecule has 0 saturated carbocycles. The van der Waals surface area contributed by atoms with E-state index in [4.69, 9.17) is 21.1 Å². The average molecular weight is 311 g/mol. The molecular weight excluding hydrogens is 288 g/mol. The first-order chi connectivity index (χ1) is 10.3. The van der Waals surface area contributed by atoms with Crippen molar-refractivity contribution in [2.24, 2.45) is 0 Å². The summed E-state index contributed by atoms with van der Waals surface area (Å²) in [7, 11) is 0. The van der Waals surface area contributed by atoms with Gasteiger partial charge in [-0.3, -0.25) is 4.90 Å². The lowest BCUT2D eigenvalue weighted by Gasteiger charge is -2.35. The zero-order valence-corrected chi connectivity index (χ0v) is 13.3. The molecule has 21 heavy (non-hydrogen) atoms. The van der Waals surface area contributed by atoms with Gasteiger partial charge in [0, 0.05) is 43.3 Å². The number of halogens is 1. The van der Waals surface area contributed by atoms with Gasteiger partial charge in [0.2, 0.25) is 6.79 Å². The molecule has 2 heterocycles. The summed E-state index contributed by atoms with van der Waals surface area (Å²) in [5.41, 5.74) is 1.18.